The minimum atomic E-state index is -0.596. The van der Waals surface area contributed by atoms with E-state index in [1.807, 2.05) is 0 Å². The molecule has 0 aliphatic carbocycles. The molecule has 3 rings (SSSR count). The number of carbonyl (C=O) groups excluding carboxylic acids is 3. The third kappa shape index (κ3) is 4.61. The Morgan fingerprint density at radius 1 is 1.00 bits per heavy atom. The predicted molar refractivity (Wildman–Crippen MR) is 117 cm³/mol. The Hall–Kier alpha value is -4.14. The van der Waals surface area contributed by atoms with Gasteiger partial charge in [-0.1, -0.05) is 0 Å². The summed E-state index contributed by atoms with van der Waals surface area (Å²) in [4.78, 5) is 36.8. The quantitative estimate of drug-likeness (QED) is 0.564. The number of anilines is 1. The van der Waals surface area contributed by atoms with Crippen molar-refractivity contribution in [1.29, 1.82) is 0 Å². The molecule has 1 amide bonds. The fraction of sp³-hybridized carbons (Fsp3) is 0.217. The molecule has 166 valence electrons. The molecule has 0 spiro atoms. The molecule has 1 aromatic heterocycles. The maximum atomic E-state index is 12.7. The Morgan fingerprint density at radius 2 is 1.72 bits per heavy atom. The van der Waals surface area contributed by atoms with Crippen molar-refractivity contribution in [3.05, 3.63) is 71.0 Å². The van der Waals surface area contributed by atoms with Crippen molar-refractivity contribution in [1.82, 2.24) is 9.78 Å². The summed E-state index contributed by atoms with van der Waals surface area (Å²) in [7, 11) is 2.74. The highest BCUT2D eigenvalue weighted by Crippen LogP contribution is 2.24. The van der Waals surface area contributed by atoms with Crippen LogP contribution in [0.25, 0.3) is 5.69 Å². The van der Waals surface area contributed by atoms with Crippen molar-refractivity contribution in [2.45, 2.75) is 13.8 Å². The Morgan fingerprint density at radius 3 is 2.34 bits per heavy atom. The predicted octanol–water partition coefficient (Wildman–Crippen LogP) is 3.40. The standard InChI is InChI=1S/C23H23N3O6/c1-5-32-23(29)19-13-24-26(14(19)2)16-8-6-15(7-9-16)21(27)25-20-11-10-17(30-3)12-18(20)22(28)31-4/h6-13H,5H2,1-4H3,(H,25,27). The highest BCUT2D eigenvalue weighted by Gasteiger charge is 2.18. The number of hydrogen-bond donors (Lipinski definition) is 1. The van der Waals surface area contributed by atoms with Gasteiger partial charge >= 0.3 is 11.9 Å². The van der Waals surface area contributed by atoms with Gasteiger partial charge in [-0.05, 0) is 56.3 Å². The van der Waals surface area contributed by atoms with Crippen LogP contribution < -0.4 is 10.1 Å². The average Bonchev–Trinajstić information content (AvgIpc) is 3.20. The molecule has 0 aliphatic heterocycles. The zero-order valence-corrected chi connectivity index (χ0v) is 18.2. The van der Waals surface area contributed by atoms with Crippen LogP contribution in [0.4, 0.5) is 5.69 Å². The van der Waals surface area contributed by atoms with Crippen LogP contribution in [0, 0.1) is 6.92 Å². The van der Waals surface area contributed by atoms with Crippen molar-refractivity contribution < 1.29 is 28.6 Å². The van der Waals surface area contributed by atoms with E-state index < -0.39 is 17.8 Å². The maximum Gasteiger partial charge on any atom is 0.341 e. The van der Waals surface area contributed by atoms with Crippen LogP contribution in [0.1, 0.15) is 43.7 Å². The van der Waals surface area contributed by atoms with Crippen molar-refractivity contribution >= 4 is 23.5 Å². The molecular formula is C23H23N3O6. The molecule has 0 aliphatic rings. The van der Waals surface area contributed by atoms with Crippen LogP contribution in [-0.2, 0) is 9.47 Å². The molecule has 0 unspecified atom stereocenters. The SMILES string of the molecule is CCOC(=O)c1cnn(-c2ccc(C(=O)Nc3ccc(OC)cc3C(=O)OC)cc2)c1C. The molecule has 9 heteroatoms. The summed E-state index contributed by atoms with van der Waals surface area (Å²) in [5.41, 5.74) is 2.53. The van der Waals surface area contributed by atoms with Crippen molar-refractivity contribution in [2.75, 3.05) is 26.1 Å². The highest BCUT2D eigenvalue weighted by molar-refractivity contribution is 6.08. The van der Waals surface area contributed by atoms with Gasteiger partial charge in [-0.25, -0.2) is 14.3 Å². The van der Waals surface area contributed by atoms with Gasteiger partial charge in [0.15, 0.2) is 0 Å². The number of nitrogens with one attached hydrogen (secondary N) is 1. The summed E-state index contributed by atoms with van der Waals surface area (Å²) in [6, 6.07) is 11.4. The molecule has 2 aromatic carbocycles. The Labute approximate surface area is 184 Å². The summed E-state index contributed by atoms with van der Waals surface area (Å²) in [6.45, 7) is 3.78. The largest absolute Gasteiger partial charge is 0.497 e. The van der Waals surface area contributed by atoms with Gasteiger partial charge < -0.3 is 19.5 Å². The maximum absolute atomic E-state index is 12.7. The number of hydrogen-bond acceptors (Lipinski definition) is 7. The topological polar surface area (TPSA) is 109 Å². The van der Waals surface area contributed by atoms with Crippen LogP contribution in [0.15, 0.2) is 48.7 Å². The lowest BCUT2D eigenvalue weighted by molar-refractivity contribution is 0.0524. The van der Waals surface area contributed by atoms with Crippen molar-refractivity contribution in [3.63, 3.8) is 0 Å². The number of esters is 2. The first-order chi connectivity index (χ1) is 15.4. The van der Waals surface area contributed by atoms with Crippen LogP contribution >= 0.6 is 0 Å². The van der Waals surface area contributed by atoms with Gasteiger partial charge in [0.25, 0.3) is 5.91 Å². The highest BCUT2D eigenvalue weighted by atomic mass is 16.5. The fourth-order valence-corrected chi connectivity index (χ4v) is 3.07. The third-order valence-corrected chi connectivity index (χ3v) is 4.76. The summed E-state index contributed by atoms with van der Waals surface area (Å²) in [6.07, 6.45) is 1.45. The van der Waals surface area contributed by atoms with Gasteiger partial charge in [-0.15, -0.1) is 0 Å². The molecule has 0 radical (unpaired) electrons. The van der Waals surface area contributed by atoms with E-state index in [1.54, 1.807) is 54.9 Å². The minimum absolute atomic E-state index is 0.176. The van der Waals surface area contributed by atoms with E-state index >= 15 is 0 Å². The third-order valence-electron chi connectivity index (χ3n) is 4.76. The molecule has 0 bridgehead atoms. The molecule has 0 saturated carbocycles. The van der Waals surface area contributed by atoms with Crippen LogP contribution in [0.2, 0.25) is 0 Å². The van der Waals surface area contributed by atoms with E-state index in [0.29, 0.717) is 33.9 Å². The van der Waals surface area contributed by atoms with E-state index in [-0.39, 0.29) is 12.2 Å². The number of rotatable bonds is 7. The first kappa shape index (κ1) is 22.5. The second kappa shape index (κ2) is 9.78. The molecule has 0 atom stereocenters. The zero-order chi connectivity index (χ0) is 23.3. The molecule has 1 N–H and O–H groups in total. The fourth-order valence-electron chi connectivity index (χ4n) is 3.07. The van der Waals surface area contributed by atoms with Crippen LogP contribution in [-0.4, -0.2) is 48.5 Å². The molecule has 1 heterocycles. The first-order valence-electron chi connectivity index (χ1n) is 9.79. The second-order valence-electron chi connectivity index (χ2n) is 6.68. The second-order valence-corrected chi connectivity index (χ2v) is 6.68. The lowest BCUT2D eigenvalue weighted by Gasteiger charge is -2.12. The average molecular weight is 437 g/mol. The monoisotopic (exact) mass is 437 g/mol. The zero-order valence-electron chi connectivity index (χ0n) is 18.2. The normalized spacial score (nSPS) is 10.4. The van der Waals surface area contributed by atoms with E-state index in [4.69, 9.17) is 14.2 Å². The lowest BCUT2D eigenvalue weighted by atomic mass is 10.1. The van der Waals surface area contributed by atoms with Crippen molar-refractivity contribution in [3.8, 4) is 11.4 Å². The smallest absolute Gasteiger partial charge is 0.341 e. The molecule has 32 heavy (non-hydrogen) atoms. The van der Waals surface area contributed by atoms with Gasteiger partial charge in [0.05, 0.1) is 49.7 Å². The van der Waals surface area contributed by atoms with E-state index in [2.05, 4.69) is 10.4 Å². The summed E-state index contributed by atoms with van der Waals surface area (Å²) < 4.78 is 16.5. The first-order valence-corrected chi connectivity index (χ1v) is 9.79. The minimum Gasteiger partial charge on any atom is -0.497 e. The lowest BCUT2D eigenvalue weighted by Crippen LogP contribution is -2.15. The number of aromatic nitrogens is 2. The Balaban J connectivity index is 1.81. The van der Waals surface area contributed by atoms with Gasteiger partial charge in [0.1, 0.15) is 11.3 Å². The Kier molecular flexibility index (Phi) is 6.89. The number of amides is 1. The van der Waals surface area contributed by atoms with Crippen LogP contribution in [0.5, 0.6) is 5.75 Å². The molecular weight excluding hydrogens is 414 g/mol. The molecule has 0 saturated heterocycles. The van der Waals surface area contributed by atoms with Gasteiger partial charge in [-0.3, -0.25) is 4.79 Å². The molecule has 9 nitrogen and oxygen atoms in total. The molecule has 0 fully saturated rings. The number of carbonyl (C=O) groups is 3. The summed E-state index contributed by atoms with van der Waals surface area (Å²) in [5.74, 6) is -0.977. The number of nitrogens with zero attached hydrogens (tertiary/aromatic N) is 2. The summed E-state index contributed by atoms with van der Waals surface area (Å²) in [5, 5.41) is 6.96. The van der Waals surface area contributed by atoms with Crippen LogP contribution in [0.3, 0.4) is 0 Å². The number of methoxy groups -OCH3 is 2. The van der Waals surface area contributed by atoms with E-state index in [0.717, 1.165) is 0 Å². The van der Waals surface area contributed by atoms with Crippen molar-refractivity contribution in [2.24, 2.45) is 0 Å². The van der Waals surface area contributed by atoms with Gasteiger partial charge in [0, 0.05) is 5.56 Å². The Bertz CT molecular complexity index is 1150. The molecule has 3 aromatic rings. The van der Waals surface area contributed by atoms with E-state index in [9.17, 15) is 14.4 Å². The van der Waals surface area contributed by atoms with E-state index in [1.165, 1.54) is 26.5 Å². The van der Waals surface area contributed by atoms with Gasteiger partial charge in [0.2, 0.25) is 0 Å². The number of ether oxygens (including phenoxy) is 3. The van der Waals surface area contributed by atoms with Gasteiger partial charge in [-0.2, -0.15) is 5.10 Å². The summed E-state index contributed by atoms with van der Waals surface area (Å²) >= 11 is 0. The number of benzene rings is 2.